The molecule has 0 aromatic heterocycles. The van der Waals surface area contributed by atoms with Crippen molar-refractivity contribution in [1.82, 2.24) is 10.2 Å². The molecule has 5 heteroatoms. The lowest BCUT2D eigenvalue weighted by molar-refractivity contribution is -0.126. The number of halogens is 1. The Morgan fingerprint density at radius 1 is 1.10 bits per heavy atom. The van der Waals surface area contributed by atoms with E-state index in [1.807, 2.05) is 18.2 Å². The topological polar surface area (TPSA) is 41.6 Å². The standard InChI is InChI=1S/C25H33BrN2O2/c1-25(2,3)22-6-4-5-7-23(22)30-17-14-27-24(29)20-12-15-28(16-13-20)18-19-8-10-21(26)11-9-19/h4-11,20H,12-18H2,1-3H3,(H,27,29). The maximum Gasteiger partial charge on any atom is 0.223 e. The Morgan fingerprint density at radius 3 is 2.43 bits per heavy atom. The zero-order valence-electron chi connectivity index (χ0n) is 18.3. The minimum absolute atomic E-state index is 0.0318. The highest BCUT2D eigenvalue weighted by Crippen LogP contribution is 2.30. The number of hydrogen-bond acceptors (Lipinski definition) is 3. The van der Waals surface area contributed by atoms with Crippen LogP contribution in [0.3, 0.4) is 0 Å². The molecule has 0 saturated carbocycles. The van der Waals surface area contributed by atoms with Gasteiger partial charge in [0.05, 0.1) is 6.54 Å². The highest BCUT2D eigenvalue weighted by molar-refractivity contribution is 9.10. The summed E-state index contributed by atoms with van der Waals surface area (Å²) in [6, 6.07) is 16.6. The summed E-state index contributed by atoms with van der Waals surface area (Å²) in [7, 11) is 0. The molecule has 162 valence electrons. The van der Waals surface area contributed by atoms with Crippen molar-refractivity contribution in [3.63, 3.8) is 0 Å². The van der Waals surface area contributed by atoms with Crippen LogP contribution >= 0.6 is 15.9 Å². The van der Waals surface area contributed by atoms with Crippen molar-refractivity contribution >= 4 is 21.8 Å². The number of hydrogen-bond donors (Lipinski definition) is 1. The van der Waals surface area contributed by atoms with E-state index < -0.39 is 0 Å². The average molecular weight is 473 g/mol. The van der Waals surface area contributed by atoms with Crippen LogP contribution in [0, 0.1) is 5.92 Å². The van der Waals surface area contributed by atoms with Crippen LogP contribution in [0.4, 0.5) is 0 Å². The molecule has 1 aliphatic rings. The van der Waals surface area contributed by atoms with Gasteiger partial charge >= 0.3 is 0 Å². The van der Waals surface area contributed by atoms with Gasteiger partial charge in [-0.15, -0.1) is 0 Å². The molecule has 1 N–H and O–H groups in total. The van der Waals surface area contributed by atoms with E-state index in [0.29, 0.717) is 13.2 Å². The predicted octanol–water partition coefficient (Wildman–Crippen LogP) is 5.15. The minimum atomic E-state index is 0.0318. The first-order valence-corrected chi connectivity index (χ1v) is 11.6. The second-order valence-electron chi connectivity index (χ2n) is 9.06. The maximum atomic E-state index is 12.5. The molecule has 0 unspecified atom stereocenters. The number of para-hydroxylation sites is 1. The van der Waals surface area contributed by atoms with Gasteiger partial charge in [-0.3, -0.25) is 9.69 Å². The van der Waals surface area contributed by atoms with Gasteiger partial charge in [0.2, 0.25) is 5.91 Å². The summed E-state index contributed by atoms with van der Waals surface area (Å²) in [6.07, 6.45) is 1.83. The molecule has 3 rings (SSSR count). The van der Waals surface area contributed by atoms with E-state index in [1.54, 1.807) is 0 Å². The summed E-state index contributed by atoms with van der Waals surface area (Å²) in [5, 5.41) is 3.06. The van der Waals surface area contributed by atoms with Crippen molar-refractivity contribution in [3.05, 3.63) is 64.1 Å². The maximum absolute atomic E-state index is 12.5. The number of ether oxygens (including phenoxy) is 1. The zero-order chi connectivity index (χ0) is 21.6. The summed E-state index contributed by atoms with van der Waals surface area (Å²) in [5.74, 6) is 1.17. The SMILES string of the molecule is CC(C)(C)c1ccccc1OCCNC(=O)C1CCN(Cc2ccc(Br)cc2)CC1. The largest absolute Gasteiger partial charge is 0.491 e. The van der Waals surface area contributed by atoms with Gasteiger partial charge in [0.1, 0.15) is 12.4 Å². The van der Waals surface area contributed by atoms with Crippen LogP contribution in [0.2, 0.25) is 0 Å². The summed E-state index contributed by atoms with van der Waals surface area (Å²) >= 11 is 3.48. The van der Waals surface area contributed by atoms with E-state index in [4.69, 9.17) is 4.74 Å². The first kappa shape index (κ1) is 22.8. The fraction of sp³-hybridized carbons (Fsp3) is 0.480. The zero-order valence-corrected chi connectivity index (χ0v) is 19.9. The van der Waals surface area contributed by atoms with Crippen molar-refractivity contribution in [2.75, 3.05) is 26.2 Å². The van der Waals surface area contributed by atoms with Gasteiger partial charge < -0.3 is 10.1 Å². The van der Waals surface area contributed by atoms with Crippen LogP contribution in [0.5, 0.6) is 5.75 Å². The number of piperidine rings is 1. The molecule has 4 nitrogen and oxygen atoms in total. The second kappa shape index (κ2) is 10.5. The minimum Gasteiger partial charge on any atom is -0.491 e. The van der Waals surface area contributed by atoms with Crippen LogP contribution < -0.4 is 10.1 Å². The number of rotatable bonds is 7. The molecule has 0 radical (unpaired) electrons. The Kier molecular flexibility index (Phi) is 7.95. The highest BCUT2D eigenvalue weighted by Gasteiger charge is 2.25. The normalized spacial score (nSPS) is 15.7. The number of amides is 1. The summed E-state index contributed by atoms with van der Waals surface area (Å²) in [6.45, 7) is 10.4. The summed E-state index contributed by atoms with van der Waals surface area (Å²) < 4.78 is 7.07. The third-order valence-electron chi connectivity index (χ3n) is 5.63. The molecule has 2 aromatic carbocycles. The van der Waals surface area contributed by atoms with Crippen molar-refractivity contribution in [1.29, 1.82) is 0 Å². The molecule has 1 saturated heterocycles. The Labute approximate surface area is 189 Å². The molecule has 1 aliphatic heterocycles. The number of carbonyl (C=O) groups is 1. The Bertz CT molecular complexity index is 822. The van der Waals surface area contributed by atoms with Gasteiger partial charge in [0.25, 0.3) is 0 Å². The molecule has 2 aromatic rings. The smallest absolute Gasteiger partial charge is 0.223 e. The lowest BCUT2D eigenvalue weighted by Crippen LogP contribution is -2.41. The second-order valence-corrected chi connectivity index (χ2v) is 9.98. The van der Waals surface area contributed by atoms with E-state index in [-0.39, 0.29) is 17.2 Å². The van der Waals surface area contributed by atoms with Crippen LogP contribution in [-0.4, -0.2) is 37.0 Å². The summed E-state index contributed by atoms with van der Waals surface area (Å²) in [4.78, 5) is 15.0. The average Bonchev–Trinajstić information content (AvgIpc) is 2.73. The van der Waals surface area contributed by atoms with E-state index in [0.717, 1.165) is 42.7 Å². The number of benzene rings is 2. The monoisotopic (exact) mass is 472 g/mol. The third-order valence-corrected chi connectivity index (χ3v) is 6.16. The van der Waals surface area contributed by atoms with Crippen LogP contribution in [0.25, 0.3) is 0 Å². The van der Waals surface area contributed by atoms with Crippen molar-refractivity contribution in [3.8, 4) is 5.75 Å². The Morgan fingerprint density at radius 2 is 1.77 bits per heavy atom. The van der Waals surface area contributed by atoms with E-state index in [1.165, 1.54) is 11.1 Å². The number of likely N-dealkylation sites (tertiary alicyclic amines) is 1. The first-order valence-electron chi connectivity index (χ1n) is 10.8. The van der Waals surface area contributed by atoms with Crippen molar-refractivity contribution in [2.24, 2.45) is 5.92 Å². The van der Waals surface area contributed by atoms with Gasteiger partial charge in [-0.25, -0.2) is 0 Å². The quantitative estimate of drug-likeness (QED) is 0.566. The fourth-order valence-corrected chi connectivity index (χ4v) is 4.16. The highest BCUT2D eigenvalue weighted by atomic mass is 79.9. The van der Waals surface area contributed by atoms with Gasteiger partial charge in [-0.1, -0.05) is 67.0 Å². The molecular formula is C25H33BrN2O2. The molecule has 1 fully saturated rings. The van der Waals surface area contributed by atoms with E-state index in [2.05, 4.69) is 77.2 Å². The molecule has 0 bridgehead atoms. The molecular weight excluding hydrogens is 440 g/mol. The van der Waals surface area contributed by atoms with Crippen LogP contribution in [0.15, 0.2) is 53.0 Å². The molecule has 30 heavy (non-hydrogen) atoms. The molecule has 1 heterocycles. The lowest BCUT2D eigenvalue weighted by Gasteiger charge is -2.31. The summed E-state index contributed by atoms with van der Waals surface area (Å²) in [5.41, 5.74) is 2.53. The molecule has 1 amide bonds. The van der Waals surface area contributed by atoms with E-state index in [9.17, 15) is 4.79 Å². The van der Waals surface area contributed by atoms with Crippen LogP contribution in [-0.2, 0) is 16.8 Å². The number of carbonyl (C=O) groups excluding carboxylic acids is 1. The Balaban J connectivity index is 1.38. The van der Waals surface area contributed by atoms with Gasteiger partial charge in [0.15, 0.2) is 0 Å². The number of nitrogens with zero attached hydrogens (tertiary/aromatic N) is 1. The molecule has 0 aliphatic carbocycles. The van der Waals surface area contributed by atoms with Crippen LogP contribution in [0.1, 0.15) is 44.7 Å². The lowest BCUT2D eigenvalue weighted by atomic mass is 9.86. The first-order chi connectivity index (χ1) is 14.3. The van der Waals surface area contributed by atoms with Crippen molar-refractivity contribution in [2.45, 2.75) is 45.6 Å². The fourth-order valence-electron chi connectivity index (χ4n) is 3.89. The number of nitrogens with one attached hydrogen (secondary N) is 1. The van der Waals surface area contributed by atoms with Gasteiger partial charge in [0, 0.05) is 16.9 Å². The van der Waals surface area contributed by atoms with Gasteiger partial charge in [-0.05, 0) is 60.7 Å². The Hall–Kier alpha value is -1.85. The van der Waals surface area contributed by atoms with Gasteiger partial charge in [-0.2, -0.15) is 0 Å². The van der Waals surface area contributed by atoms with E-state index >= 15 is 0 Å². The molecule has 0 atom stereocenters. The predicted molar refractivity (Wildman–Crippen MR) is 126 cm³/mol. The third kappa shape index (κ3) is 6.58. The van der Waals surface area contributed by atoms with Crippen molar-refractivity contribution < 1.29 is 9.53 Å². The molecule has 0 spiro atoms.